The van der Waals surface area contributed by atoms with Gasteiger partial charge in [-0.25, -0.2) is 4.79 Å². The summed E-state index contributed by atoms with van der Waals surface area (Å²) in [6.45, 7) is 2.66. The van der Waals surface area contributed by atoms with E-state index in [1.54, 1.807) is 0 Å². The molecule has 1 heterocycles. The summed E-state index contributed by atoms with van der Waals surface area (Å²) in [5.74, 6) is -0.671. The Hall–Kier alpha value is -1.36. The van der Waals surface area contributed by atoms with Gasteiger partial charge in [0.2, 0.25) is 0 Å². The smallest absolute Gasteiger partial charge is 0.358 e. The molecule has 1 aromatic heterocycles. The second kappa shape index (κ2) is 3.87. The summed E-state index contributed by atoms with van der Waals surface area (Å²) < 4.78 is 9.66. The number of carboxylic acid groups (broad SMARTS) is 1. The Bertz CT molecular complexity index is 268. The highest BCUT2D eigenvalue weighted by Gasteiger charge is 2.09. The molecule has 0 aliphatic rings. The maximum Gasteiger partial charge on any atom is 0.358 e. The second-order valence-corrected chi connectivity index (χ2v) is 2.12. The van der Waals surface area contributed by atoms with E-state index in [0.717, 1.165) is 0 Å². The summed E-state index contributed by atoms with van der Waals surface area (Å²) in [4.78, 5) is 10.3. The molecule has 0 atom stereocenters. The predicted molar refractivity (Wildman–Crippen MR) is 38.8 cm³/mol. The molecule has 0 saturated carbocycles. The maximum atomic E-state index is 10.3. The minimum Gasteiger partial charge on any atom is -0.476 e. The van der Waals surface area contributed by atoms with Crippen LogP contribution < -0.4 is 0 Å². The Morgan fingerprint density at radius 3 is 3.08 bits per heavy atom. The Morgan fingerprint density at radius 2 is 2.58 bits per heavy atom. The van der Waals surface area contributed by atoms with Gasteiger partial charge in [0.15, 0.2) is 11.5 Å². The van der Waals surface area contributed by atoms with E-state index in [-0.39, 0.29) is 12.3 Å². The van der Waals surface area contributed by atoms with Crippen LogP contribution in [-0.4, -0.2) is 22.8 Å². The van der Waals surface area contributed by atoms with Crippen LogP contribution in [0.3, 0.4) is 0 Å². The quantitative estimate of drug-likeness (QED) is 0.728. The Labute approximate surface area is 68.9 Å². The van der Waals surface area contributed by atoms with Gasteiger partial charge in [-0.05, 0) is 6.92 Å². The third kappa shape index (κ3) is 2.06. The summed E-state index contributed by atoms with van der Waals surface area (Å²) >= 11 is 0. The van der Waals surface area contributed by atoms with Gasteiger partial charge in [0.25, 0.3) is 0 Å². The number of nitrogens with zero attached hydrogens (tertiary/aromatic N) is 1. The predicted octanol–water partition coefficient (Wildman–Crippen LogP) is 0.909. The van der Waals surface area contributed by atoms with Gasteiger partial charge >= 0.3 is 5.97 Å². The van der Waals surface area contributed by atoms with Crippen molar-refractivity contribution in [3.8, 4) is 0 Å². The fourth-order valence-electron chi connectivity index (χ4n) is 0.684. The molecule has 0 aromatic carbocycles. The SMILES string of the molecule is CCOCc1cc(C(=O)O)no1. The second-order valence-electron chi connectivity index (χ2n) is 2.12. The molecular weight excluding hydrogens is 162 g/mol. The van der Waals surface area contributed by atoms with Crippen molar-refractivity contribution in [1.82, 2.24) is 5.16 Å². The first-order valence-corrected chi connectivity index (χ1v) is 3.50. The third-order valence-electron chi connectivity index (χ3n) is 1.23. The Balaban J connectivity index is 2.58. The monoisotopic (exact) mass is 171 g/mol. The van der Waals surface area contributed by atoms with E-state index in [2.05, 4.69) is 9.68 Å². The number of rotatable bonds is 4. The molecule has 0 radical (unpaired) electrons. The first-order valence-electron chi connectivity index (χ1n) is 3.50. The minimum absolute atomic E-state index is 0.0929. The molecule has 5 heteroatoms. The maximum absolute atomic E-state index is 10.3. The number of hydrogen-bond acceptors (Lipinski definition) is 4. The lowest BCUT2D eigenvalue weighted by molar-refractivity contribution is 0.0684. The van der Waals surface area contributed by atoms with Crippen LogP contribution in [0.15, 0.2) is 10.6 Å². The van der Waals surface area contributed by atoms with Crippen molar-refractivity contribution in [2.75, 3.05) is 6.61 Å². The molecule has 1 N–H and O–H groups in total. The van der Waals surface area contributed by atoms with Crippen LogP contribution in [-0.2, 0) is 11.3 Å². The fourth-order valence-corrected chi connectivity index (χ4v) is 0.684. The molecule has 0 bridgehead atoms. The topological polar surface area (TPSA) is 72.6 Å². The standard InChI is InChI=1S/C7H9NO4/c1-2-11-4-5-3-6(7(9)10)8-12-5/h3H,2,4H2,1H3,(H,9,10). The number of hydrogen-bond donors (Lipinski definition) is 1. The van der Waals surface area contributed by atoms with Gasteiger partial charge in [-0.3, -0.25) is 0 Å². The molecule has 0 aliphatic carbocycles. The minimum atomic E-state index is -1.10. The van der Waals surface area contributed by atoms with Crippen molar-refractivity contribution < 1.29 is 19.2 Å². The van der Waals surface area contributed by atoms with Crippen molar-refractivity contribution in [2.45, 2.75) is 13.5 Å². The van der Waals surface area contributed by atoms with Crippen LogP contribution in [0.2, 0.25) is 0 Å². The average molecular weight is 171 g/mol. The molecule has 0 aliphatic heterocycles. The Kier molecular flexibility index (Phi) is 2.82. The summed E-state index contributed by atoms with van der Waals surface area (Å²) in [5, 5.41) is 11.8. The van der Waals surface area contributed by atoms with Crippen molar-refractivity contribution in [3.05, 3.63) is 17.5 Å². The molecule has 0 spiro atoms. The molecule has 5 nitrogen and oxygen atoms in total. The van der Waals surface area contributed by atoms with Crippen LogP contribution in [0.4, 0.5) is 0 Å². The van der Waals surface area contributed by atoms with E-state index in [1.807, 2.05) is 6.92 Å². The van der Waals surface area contributed by atoms with Crippen molar-refractivity contribution in [1.29, 1.82) is 0 Å². The molecule has 0 unspecified atom stereocenters. The van der Waals surface area contributed by atoms with Crippen LogP contribution in [0, 0.1) is 0 Å². The molecule has 1 aromatic rings. The number of ether oxygens (including phenoxy) is 1. The van der Waals surface area contributed by atoms with E-state index in [0.29, 0.717) is 12.4 Å². The number of aromatic carboxylic acids is 1. The van der Waals surface area contributed by atoms with Gasteiger partial charge in [-0.1, -0.05) is 5.16 Å². The highest BCUT2D eigenvalue weighted by molar-refractivity contribution is 5.85. The molecule has 1 rings (SSSR count). The van der Waals surface area contributed by atoms with Gasteiger partial charge in [-0.2, -0.15) is 0 Å². The summed E-state index contributed by atoms with van der Waals surface area (Å²) in [7, 11) is 0. The van der Waals surface area contributed by atoms with Gasteiger partial charge in [0.1, 0.15) is 6.61 Å². The summed E-state index contributed by atoms with van der Waals surface area (Å²) in [5.41, 5.74) is -0.0929. The zero-order valence-corrected chi connectivity index (χ0v) is 6.61. The van der Waals surface area contributed by atoms with Crippen LogP contribution in [0.5, 0.6) is 0 Å². The van der Waals surface area contributed by atoms with Crippen LogP contribution in [0.1, 0.15) is 23.2 Å². The molecule has 12 heavy (non-hydrogen) atoms. The molecule has 66 valence electrons. The molecule has 0 fully saturated rings. The van der Waals surface area contributed by atoms with Crippen LogP contribution in [0.25, 0.3) is 0 Å². The van der Waals surface area contributed by atoms with Crippen LogP contribution >= 0.6 is 0 Å². The van der Waals surface area contributed by atoms with E-state index in [9.17, 15) is 4.79 Å². The average Bonchev–Trinajstić information content (AvgIpc) is 2.48. The number of aromatic nitrogens is 1. The number of carbonyl (C=O) groups is 1. The number of carboxylic acids is 1. The van der Waals surface area contributed by atoms with E-state index in [1.165, 1.54) is 6.07 Å². The highest BCUT2D eigenvalue weighted by atomic mass is 16.5. The zero-order valence-electron chi connectivity index (χ0n) is 6.61. The zero-order chi connectivity index (χ0) is 8.97. The fraction of sp³-hybridized carbons (Fsp3) is 0.429. The van der Waals surface area contributed by atoms with E-state index in [4.69, 9.17) is 9.84 Å². The van der Waals surface area contributed by atoms with Gasteiger partial charge in [-0.15, -0.1) is 0 Å². The normalized spacial score (nSPS) is 10.1. The lowest BCUT2D eigenvalue weighted by atomic mass is 10.4. The summed E-state index contributed by atoms with van der Waals surface area (Å²) in [6, 6.07) is 1.35. The van der Waals surface area contributed by atoms with Crippen molar-refractivity contribution >= 4 is 5.97 Å². The van der Waals surface area contributed by atoms with Gasteiger partial charge in [0.05, 0.1) is 0 Å². The molecule has 0 amide bonds. The molecule has 0 saturated heterocycles. The van der Waals surface area contributed by atoms with E-state index >= 15 is 0 Å². The largest absolute Gasteiger partial charge is 0.476 e. The lowest BCUT2D eigenvalue weighted by Gasteiger charge is -1.92. The summed E-state index contributed by atoms with van der Waals surface area (Å²) in [6.07, 6.45) is 0. The van der Waals surface area contributed by atoms with E-state index < -0.39 is 5.97 Å². The molecular formula is C7H9NO4. The van der Waals surface area contributed by atoms with Crippen molar-refractivity contribution in [2.24, 2.45) is 0 Å². The Morgan fingerprint density at radius 1 is 1.83 bits per heavy atom. The van der Waals surface area contributed by atoms with Gasteiger partial charge in [0, 0.05) is 12.7 Å². The van der Waals surface area contributed by atoms with Crippen molar-refractivity contribution in [3.63, 3.8) is 0 Å². The van der Waals surface area contributed by atoms with Gasteiger partial charge < -0.3 is 14.4 Å². The lowest BCUT2D eigenvalue weighted by Crippen LogP contribution is -1.95. The third-order valence-corrected chi connectivity index (χ3v) is 1.23. The first kappa shape index (κ1) is 8.73. The first-order chi connectivity index (χ1) is 5.74. The highest BCUT2D eigenvalue weighted by Crippen LogP contribution is 2.04.